The number of fused-ring (bicyclic) bond motifs is 1. The number of allylic oxidation sites excluding steroid dienone is 4. The second-order valence-electron chi connectivity index (χ2n) is 5.50. The van der Waals surface area contributed by atoms with Crippen molar-refractivity contribution < 1.29 is 14.7 Å². The molecule has 5 heteroatoms. The first-order valence-corrected chi connectivity index (χ1v) is 6.77. The number of carbonyl (C=O) groups is 2. The molecule has 2 heterocycles. The van der Waals surface area contributed by atoms with Crippen LogP contribution >= 0.6 is 0 Å². The van der Waals surface area contributed by atoms with Crippen molar-refractivity contribution in [3.8, 4) is 0 Å². The summed E-state index contributed by atoms with van der Waals surface area (Å²) >= 11 is 0. The molecule has 2 aliphatic heterocycles. The Hall–Kier alpha value is -1.62. The molecule has 2 saturated heterocycles. The van der Waals surface area contributed by atoms with E-state index in [2.05, 4.69) is 17.5 Å². The highest BCUT2D eigenvalue weighted by Gasteiger charge is 2.46. The van der Waals surface area contributed by atoms with Crippen LogP contribution in [0.15, 0.2) is 24.3 Å². The molecule has 1 aliphatic carbocycles. The Balaban J connectivity index is 1.70. The molecule has 4 atom stereocenters. The van der Waals surface area contributed by atoms with E-state index >= 15 is 0 Å². The van der Waals surface area contributed by atoms with Gasteiger partial charge in [-0.3, -0.25) is 9.59 Å². The zero-order chi connectivity index (χ0) is 13.4. The fourth-order valence-electron chi connectivity index (χ4n) is 3.10. The lowest BCUT2D eigenvalue weighted by Gasteiger charge is -2.35. The molecule has 0 aromatic heterocycles. The molecule has 0 radical (unpaired) electrons. The molecule has 0 aromatic rings. The van der Waals surface area contributed by atoms with E-state index in [0.717, 1.165) is 6.42 Å². The van der Waals surface area contributed by atoms with Crippen LogP contribution in [0.4, 0.5) is 0 Å². The number of piperazine rings is 1. The smallest absolute Gasteiger partial charge is 0.245 e. The molecule has 19 heavy (non-hydrogen) atoms. The summed E-state index contributed by atoms with van der Waals surface area (Å²) in [6.07, 6.45) is 9.43. The number of rotatable bonds is 2. The first-order valence-electron chi connectivity index (χ1n) is 6.77. The van der Waals surface area contributed by atoms with Crippen molar-refractivity contribution in [3.05, 3.63) is 24.3 Å². The highest BCUT2D eigenvalue weighted by Crippen LogP contribution is 2.26. The average molecular weight is 262 g/mol. The molecule has 102 valence electrons. The van der Waals surface area contributed by atoms with E-state index in [1.807, 2.05) is 12.2 Å². The van der Waals surface area contributed by atoms with E-state index in [4.69, 9.17) is 0 Å². The van der Waals surface area contributed by atoms with Gasteiger partial charge in [0.05, 0.1) is 6.10 Å². The summed E-state index contributed by atoms with van der Waals surface area (Å²) in [4.78, 5) is 25.8. The fraction of sp³-hybridized carbons (Fsp3) is 0.571. The van der Waals surface area contributed by atoms with Gasteiger partial charge in [0.2, 0.25) is 11.8 Å². The molecule has 1 unspecified atom stereocenters. The van der Waals surface area contributed by atoms with Gasteiger partial charge < -0.3 is 15.3 Å². The van der Waals surface area contributed by atoms with E-state index in [9.17, 15) is 14.7 Å². The number of carbonyl (C=O) groups excluding carboxylic acids is 2. The van der Waals surface area contributed by atoms with Gasteiger partial charge in [0.1, 0.15) is 12.1 Å². The van der Waals surface area contributed by atoms with Crippen LogP contribution in [0.1, 0.15) is 19.3 Å². The van der Waals surface area contributed by atoms with Crippen molar-refractivity contribution in [2.24, 2.45) is 5.92 Å². The van der Waals surface area contributed by atoms with Crippen LogP contribution in [-0.2, 0) is 9.59 Å². The van der Waals surface area contributed by atoms with Crippen LogP contribution in [0.3, 0.4) is 0 Å². The highest BCUT2D eigenvalue weighted by molar-refractivity contribution is 5.97. The van der Waals surface area contributed by atoms with Crippen LogP contribution in [0.25, 0.3) is 0 Å². The first kappa shape index (κ1) is 12.4. The van der Waals surface area contributed by atoms with Gasteiger partial charge in [-0.2, -0.15) is 0 Å². The fourth-order valence-corrected chi connectivity index (χ4v) is 3.10. The molecule has 5 nitrogen and oxygen atoms in total. The van der Waals surface area contributed by atoms with E-state index in [0.29, 0.717) is 18.8 Å². The average Bonchev–Trinajstić information content (AvgIpc) is 2.80. The molecule has 0 saturated carbocycles. The monoisotopic (exact) mass is 262 g/mol. The Bertz CT molecular complexity index is 458. The van der Waals surface area contributed by atoms with Gasteiger partial charge in [0.15, 0.2) is 0 Å². The molecule has 3 aliphatic rings. The summed E-state index contributed by atoms with van der Waals surface area (Å²) < 4.78 is 0. The maximum atomic E-state index is 12.3. The van der Waals surface area contributed by atoms with Gasteiger partial charge in [0.25, 0.3) is 0 Å². The summed E-state index contributed by atoms with van der Waals surface area (Å²) in [5.74, 6) is 0.115. The zero-order valence-corrected chi connectivity index (χ0v) is 10.7. The van der Waals surface area contributed by atoms with Crippen LogP contribution < -0.4 is 5.32 Å². The minimum atomic E-state index is -0.573. The Morgan fingerprint density at radius 2 is 2.21 bits per heavy atom. The Morgan fingerprint density at radius 3 is 2.95 bits per heavy atom. The number of nitrogens with one attached hydrogen (secondary N) is 1. The standard InChI is InChI=1S/C14H18N2O3/c17-10-7-12-13(18)15-11(14(19)16(12)8-10)6-9-4-2-1-3-5-9/h1-4,9-12,17H,5-8H2,(H,15,18)/t9?,10-,11+,12+/m1/s1. The molecular weight excluding hydrogens is 244 g/mol. The molecule has 0 spiro atoms. The number of amides is 2. The lowest BCUT2D eigenvalue weighted by Crippen LogP contribution is -2.61. The van der Waals surface area contributed by atoms with E-state index in [1.54, 1.807) is 0 Å². The number of hydrogen-bond donors (Lipinski definition) is 2. The summed E-state index contributed by atoms with van der Waals surface area (Å²) in [5.41, 5.74) is 0. The Morgan fingerprint density at radius 1 is 1.37 bits per heavy atom. The molecule has 2 fully saturated rings. The van der Waals surface area contributed by atoms with E-state index < -0.39 is 18.2 Å². The van der Waals surface area contributed by atoms with Crippen molar-refractivity contribution in [2.45, 2.75) is 37.5 Å². The SMILES string of the molecule is O=C1N[C@@H](CC2C=CC=CC2)C(=O)N2C[C@H](O)C[C@@H]12. The van der Waals surface area contributed by atoms with Crippen LogP contribution in [0.5, 0.6) is 0 Å². The van der Waals surface area contributed by atoms with Gasteiger partial charge >= 0.3 is 0 Å². The number of aliphatic hydroxyl groups is 1. The quantitative estimate of drug-likeness (QED) is 0.734. The van der Waals surface area contributed by atoms with Crippen molar-refractivity contribution in [1.82, 2.24) is 10.2 Å². The van der Waals surface area contributed by atoms with Crippen molar-refractivity contribution in [1.29, 1.82) is 0 Å². The van der Waals surface area contributed by atoms with E-state index in [-0.39, 0.29) is 18.4 Å². The molecule has 0 aromatic carbocycles. The number of nitrogens with zero attached hydrogens (tertiary/aromatic N) is 1. The number of aliphatic hydroxyl groups excluding tert-OH is 1. The third-order valence-corrected chi connectivity index (χ3v) is 4.09. The van der Waals surface area contributed by atoms with Crippen LogP contribution in [0, 0.1) is 5.92 Å². The maximum absolute atomic E-state index is 12.3. The normalized spacial score (nSPS) is 37.4. The largest absolute Gasteiger partial charge is 0.391 e. The Kier molecular flexibility index (Phi) is 3.14. The minimum Gasteiger partial charge on any atom is -0.391 e. The van der Waals surface area contributed by atoms with E-state index in [1.165, 1.54) is 4.90 Å². The predicted molar refractivity (Wildman–Crippen MR) is 69.1 cm³/mol. The summed E-state index contributed by atoms with van der Waals surface area (Å²) in [6.45, 7) is 0.286. The summed E-state index contributed by atoms with van der Waals surface area (Å²) in [6, 6.07) is -0.921. The molecule has 0 bridgehead atoms. The van der Waals surface area contributed by atoms with Gasteiger partial charge in [0, 0.05) is 13.0 Å². The van der Waals surface area contributed by atoms with Crippen molar-refractivity contribution >= 4 is 11.8 Å². The van der Waals surface area contributed by atoms with Gasteiger partial charge in [-0.15, -0.1) is 0 Å². The Labute approximate surface area is 112 Å². The lowest BCUT2D eigenvalue weighted by atomic mass is 9.91. The number of hydrogen-bond acceptors (Lipinski definition) is 3. The second kappa shape index (κ2) is 4.81. The first-order chi connectivity index (χ1) is 9.15. The van der Waals surface area contributed by atoms with Gasteiger partial charge in [-0.05, 0) is 18.8 Å². The highest BCUT2D eigenvalue weighted by atomic mass is 16.3. The third kappa shape index (κ3) is 2.30. The topological polar surface area (TPSA) is 69.6 Å². The zero-order valence-electron chi connectivity index (χ0n) is 10.7. The van der Waals surface area contributed by atoms with Crippen molar-refractivity contribution in [2.75, 3.05) is 6.54 Å². The van der Waals surface area contributed by atoms with Gasteiger partial charge in [-0.1, -0.05) is 24.3 Å². The summed E-state index contributed by atoms with van der Waals surface area (Å²) in [5, 5.41) is 12.4. The lowest BCUT2D eigenvalue weighted by molar-refractivity contribution is -0.147. The molecule has 2 amide bonds. The van der Waals surface area contributed by atoms with Gasteiger partial charge in [-0.25, -0.2) is 0 Å². The molecule has 3 rings (SSSR count). The summed E-state index contributed by atoms with van der Waals surface area (Å²) in [7, 11) is 0. The minimum absolute atomic E-state index is 0.0518. The molecular formula is C14H18N2O3. The second-order valence-corrected chi connectivity index (χ2v) is 5.50. The third-order valence-electron chi connectivity index (χ3n) is 4.09. The van der Waals surface area contributed by atoms with Crippen LogP contribution in [0.2, 0.25) is 0 Å². The van der Waals surface area contributed by atoms with Crippen molar-refractivity contribution in [3.63, 3.8) is 0 Å². The predicted octanol–water partition coefficient (Wildman–Crippen LogP) is -0.0310. The maximum Gasteiger partial charge on any atom is 0.245 e. The molecule has 2 N–H and O–H groups in total. The van der Waals surface area contributed by atoms with Crippen LogP contribution in [-0.4, -0.2) is 46.6 Å².